The fourth-order valence-electron chi connectivity index (χ4n) is 3.26. The first-order chi connectivity index (χ1) is 14.7. The van der Waals surface area contributed by atoms with Gasteiger partial charge in [0.05, 0.1) is 11.7 Å². The molecule has 0 unspecified atom stereocenters. The number of hydrogen-bond donors (Lipinski definition) is 1. The van der Waals surface area contributed by atoms with Gasteiger partial charge in [-0.2, -0.15) is 18.4 Å². The van der Waals surface area contributed by atoms with Crippen LogP contribution in [0.1, 0.15) is 30.5 Å². The van der Waals surface area contributed by atoms with E-state index < -0.39 is 23.7 Å². The van der Waals surface area contributed by atoms with Gasteiger partial charge in [-0.25, -0.2) is 4.39 Å². The van der Waals surface area contributed by atoms with Crippen molar-refractivity contribution in [2.75, 3.05) is 0 Å². The zero-order valence-corrected chi connectivity index (χ0v) is 16.6. The number of H-pyrrole nitrogens is 1. The first-order valence-corrected chi connectivity index (χ1v) is 9.53. The number of aromatic amines is 1. The number of nitrogens with one attached hydrogen (secondary N) is 1. The van der Waals surface area contributed by atoms with Crippen LogP contribution in [0.3, 0.4) is 0 Å². The van der Waals surface area contributed by atoms with Gasteiger partial charge in [-0.3, -0.25) is 0 Å². The number of fused-ring (bicyclic) bond motifs is 1. The number of ether oxygens (including phenoxy) is 1. The molecule has 4 rings (SSSR count). The lowest BCUT2D eigenvalue weighted by atomic mass is 10.0. The number of tetrazole rings is 1. The van der Waals surface area contributed by atoms with Crippen molar-refractivity contribution in [3.8, 4) is 17.3 Å². The van der Waals surface area contributed by atoms with Gasteiger partial charge in [0.15, 0.2) is 5.76 Å². The zero-order valence-electron chi connectivity index (χ0n) is 16.6. The summed E-state index contributed by atoms with van der Waals surface area (Å²) in [4.78, 5) is 0. The van der Waals surface area contributed by atoms with Crippen molar-refractivity contribution in [2.45, 2.75) is 39.0 Å². The Kier molecular flexibility index (Phi) is 5.38. The molecule has 10 heteroatoms. The molecule has 2 heterocycles. The van der Waals surface area contributed by atoms with E-state index in [-0.39, 0.29) is 24.4 Å². The predicted molar refractivity (Wildman–Crippen MR) is 104 cm³/mol. The monoisotopic (exact) mass is 434 g/mol. The van der Waals surface area contributed by atoms with Crippen molar-refractivity contribution in [3.05, 3.63) is 58.9 Å². The number of aryl methyl sites for hydroxylation is 2. The minimum Gasteiger partial charge on any atom is -0.490 e. The first kappa shape index (κ1) is 20.8. The molecule has 0 spiro atoms. The van der Waals surface area contributed by atoms with Crippen LogP contribution in [0, 0.1) is 5.82 Å². The topological polar surface area (TPSA) is 76.8 Å². The second-order valence-electron chi connectivity index (χ2n) is 7.32. The zero-order chi connectivity index (χ0) is 22.2. The van der Waals surface area contributed by atoms with Crippen molar-refractivity contribution in [3.63, 3.8) is 0 Å². The molecule has 31 heavy (non-hydrogen) atoms. The highest BCUT2D eigenvalue weighted by molar-refractivity contribution is 5.82. The fraction of sp³-hybridized carbons (Fsp3) is 0.286. The van der Waals surface area contributed by atoms with Crippen molar-refractivity contribution in [1.29, 1.82) is 0 Å². The van der Waals surface area contributed by atoms with E-state index in [1.807, 2.05) is 0 Å². The Bertz CT molecular complexity index is 1200. The number of alkyl halides is 3. The number of rotatable bonds is 6. The van der Waals surface area contributed by atoms with E-state index in [0.717, 1.165) is 6.07 Å². The highest BCUT2D eigenvalue weighted by Gasteiger charge is 2.35. The Morgan fingerprint density at radius 1 is 1.10 bits per heavy atom. The summed E-state index contributed by atoms with van der Waals surface area (Å²) >= 11 is 0. The average Bonchev–Trinajstić information content (AvgIpc) is 3.35. The van der Waals surface area contributed by atoms with Crippen LogP contribution in [0.5, 0.6) is 5.75 Å². The maximum absolute atomic E-state index is 14.6. The average molecular weight is 434 g/mol. The molecule has 0 saturated carbocycles. The molecule has 1 N–H and O–H groups in total. The van der Waals surface area contributed by atoms with Gasteiger partial charge in [-0.15, -0.1) is 10.2 Å². The molecule has 0 saturated heterocycles. The summed E-state index contributed by atoms with van der Waals surface area (Å²) in [5, 5.41) is 13.9. The van der Waals surface area contributed by atoms with E-state index in [1.165, 1.54) is 18.2 Å². The second-order valence-corrected chi connectivity index (χ2v) is 7.32. The van der Waals surface area contributed by atoms with Gasteiger partial charge in [0.1, 0.15) is 17.1 Å². The standard InChI is InChI=1S/C21H18F4N4O2/c1-11(2)30-17-6-4-12(7-15(17)21(23,24)25)3-5-13-9-18-14(8-16(13)22)10-19(31-18)20-26-28-29-27-20/h4,6-11H,3,5H2,1-2H3,(H,26,27,28,29). The van der Waals surface area contributed by atoms with Crippen molar-refractivity contribution in [1.82, 2.24) is 20.6 Å². The lowest BCUT2D eigenvalue weighted by Crippen LogP contribution is -2.13. The summed E-state index contributed by atoms with van der Waals surface area (Å²) in [6.45, 7) is 3.32. The van der Waals surface area contributed by atoms with Crippen LogP contribution in [0.2, 0.25) is 0 Å². The van der Waals surface area contributed by atoms with Crippen molar-refractivity contribution >= 4 is 11.0 Å². The van der Waals surface area contributed by atoms with Gasteiger partial charge >= 0.3 is 6.18 Å². The molecule has 0 aliphatic heterocycles. The van der Waals surface area contributed by atoms with Crippen LogP contribution < -0.4 is 4.74 Å². The van der Waals surface area contributed by atoms with E-state index in [1.54, 1.807) is 26.0 Å². The van der Waals surface area contributed by atoms with E-state index in [2.05, 4.69) is 20.6 Å². The quantitative estimate of drug-likeness (QED) is 0.415. The van der Waals surface area contributed by atoms with Gasteiger partial charge < -0.3 is 9.15 Å². The van der Waals surface area contributed by atoms with Gasteiger partial charge in [-0.05, 0) is 73.4 Å². The molecule has 6 nitrogen and oxygen atoms in total. The van der Waals surface area contributed by atoms with Crippen LogP contribution in [-0.4, -0.2) is 26.7 Å². The number of hydrogen-bond acceptors (Lipinski definition) is 5. The number of benzene rings is 2. The molecule has 2 aromatic heterocycles. The van der Waals surface area contributed by atoms with Crippen molar-refractivity contribution in [2.24, 2.45) is 0 Å². The SMILES string of the molecule is CC(C)Oc1ccc(CCc2cc3oc(-c4nn[nH]n4)cc3cc2F)cc1C(F)(F)F. The lowest BCUT2D eigenvalue weighted by molar-refractivity contribution is -0.139. The molecule has 2 aromatic carbocycles. The Labute approximate surface area is 174 Å². The Morgan fingerprint density at radius 2 is 1.90 bits per heavy atom. The normalized spacial score (nSPS) is 12.1. The van der Waals surface area contributed by atoms with E-state index in [9.17, 15) is 17.6 Å². The Morgan fingerprint density at radius 3 is 2.58 bits per heavy atom. The summed E-state index contributed by atoms with van der Waals surface area (Å²) in [6, 6.07) is 8.37. The number of nitrogens with zero attached hydrogens (tertiary/aromatic N) is 3. The summed E-state index contributed by atoms with van der Waals surface area (Å²) in [5.74, 6) is -0.121. The molecule has 0 atom stereocenters. The summed E-state index contributed by atoms with van der Waals surface area (Å²) < 4.78 is 65.8. The molecule has 0 aliphatic rings. The highest BCUT2D eigenvalue weighted by Crippen LogP contribution is 2.37. The van der Waals surface area contributed by atoms with Crippen LogP contribution in [0.15, 0.2) is 40.8 Å². The predicted octanol–water partition coefficient (Wildman–Crippen LogP) is 5.34. The van der Waals surface area contributed by atoms with E-state index in [4.69, 9.17) is 9.15 Å². The third-order valence-electron chi connectivity index (χ3n) is 4.65. The van der Waals surface area contributed by atoms with E-state index in [0.29, 0.717) is 27.9 Å². The lowest BCUT2D eigenvalue weighted by Gasteiger charge is -2.17. The first-order valence-electron chi connectivity index (χ1n) is 9.53. The highest BCUT2D eigenvalue weighted by atomic mass is 19.4. The third-order valence-corrected chi connectivity index (χ3v) is 4.65. The maximum atomic E-state index is 14.6. The summed E-state index contributed by atoms with van der Waals surface area (Å²) in [5.41, 5.74) is 0.339. The molecule has 0 amide bonds. The Hall–Kier alpha value is -3.43. The summed E-state index contributed by atoms with van der Waals surface area (Å²) in [7, 11) is 0. The smallest absolute Gasteiger partial charge is 0.419 e. The summed E-state index contributed by atoms with van der Waals surface area (Å²) in [6.07, 6.45) is -4.53. The Balaban J connectivity index is 1.58. The van der Waals surface area contributed by atoms with Gasteiger partial charge in [0.25, 0.3) is 0 Å². The van der Waals surface area contributed by atoms with Crippen LogP contribution in [0.25, 0.3) is 22.6 Å². The molecule has 4 aromatic rings. The molecule has 0 fully saturated rings. The number of halogens is 4. The van der Waals surface area contributed by atoms with Crippen molar-refractivity contribution < 1.29 is 26.7 Å². The molecule has 0 aliphatic carbocycles. The molecule has 0 bridgehead atoms. The number of aromatic nitrogens is 4. The second kappa shape index (κ2) is 8.01. The van der Waals surface area contributed by atoms with Crippen LogP contribution in [-0.2, 0) is 19.0 Å². The minimum absolute atomic E-state index is 0.196. The number of furan rings is 1. The molecular weight excluding hydrogens is 416 g/mol. The third kappa shape index (κ3) is 4.52. The fourth-order valence-corrected chi connectivity index (χ4v) is 3.26. The molecule has 162 valence electrons. The van der Waals surface area contributed by atoms with Crippen LogP contribution in [0.4, 0.5) is 17.6 Å². The van der Waals surface area contributed by atoms with Gasteiger partial charge in [-0.1, -0.05) is 6.07 Å². The van der Waals surface area contributed by atoms with Gasteiger partial charge in [0, 0.05) is 5.39 Å². The minimum atomic E-state index is -4.55. The van der Waals surface area contributed by atoms with E-state index >= 15 is 0 Å². The molecule has 0 radical (unpaired) electrons. The maximum Gasteiger partial charge on any atom is 0.419 e. The molecular formula is C21H18F4N4O2. The van der Waals surface area contributed by atoms with Crippen LogP contribution >= 0.6 is 0 Å². The van der Waals surface area contributed by atoms with Gasteiger partial charge in [0.2, 0.25) is 5.82 Å². The largest absolute Gasteiger partial charge is 0.490 e.